The van der Waals surface area contributed by atoms with E-state index in [2.05, 4.69) is 50.1 Å². The number of guanidine groups is 1. The van der Waals surface area contributed by atoms with Crippen molar-refractivity contribution in [3.05, 3.63) is 47.8 Å². The highest BCUT2D eigenvalue weighted by atomic mass is 16.5. The molecule has 6 heteroatoms. The summed E-state index contributed by atoms with van der Waals surface area (Å²) < 4.78 is 6.43. The molecule has 1 aromatic carbocycles. The summed E-state index contributed by atoms with van der Waals surface area (Å²) in [4.78, 5) is 4.39. The predicted molar refractivity (Wildman–Crippen MR) is 97.5 cm³/mol. The normalized spacial score (nSPS) is 21.6. The summed E-state index contributed by atoms with van der Waals surface area (Å²) in [6.07, 6.45) is 7.52. The standard InChI is InChI=1S/C19H25N5O/c1-20-18(21-13-14-8-11-22-24-14)23-16-12-19(9-4-5-10-19)25-17-7-3-2-6-15(16)17/h2-3,6-8,11,16H,4-5,9-10,12-13H2,1H3,(H,22,24)(H2,20,21,23). The van der Waals surface area contributed by atoms with Gasteiger partial charge in [-0.25, -0.2) is 0 Å². The second-order valence-electron chi connectivity index (χ2n) is 6.94. The van der Waals surface area contributed by atoms with Gasteiger partial charge in [0.25, 0.3) is 0 Å². The van der Waals surface area contributed by atoms with Gasteiger partial charge in [0.15, 0.2) is 5.96 Å². The summed E-state index contributed by atoms with van der Waals surface area (Å²) >= 11 is 0. The van der Waals surface area contributed by atoms with E-state index >= 15 is 0 Å². The lowest BCUT2D eigenvalue weighted by Crippen LogP contribution is -2.46. The fourth-order valence-corrected chi connectivity index (χ4v) is 3.99. The first-order valence-electron chi connectivity index (χ1n) is 9.01. The molecule has 1 aliphatic carbocycles. The molecule has 1 aromatic heterocycles. The van der Waals surface area contributed by atoms with Crippen molar-refractivity contribution < 1.29 is 4.74 Å². The second-order valence-corrected chi connectivity index (χ2v) is 6.94. The lowest BCUT2D eigenvalue weighted by atomic mass is 9.86. The van der Waals surface area contributed by atoms with Gasteiger partial charge < -0.3 is 15.4 Å². The predicted octanol–water partition coefficient (Wildman–Crippen LogP) is 2.91. The van der Waals surface area contributed by atoms with Gasteiger partial charge in [0, 0.05) is 25.2 Å². The number of hydrogen-bond acceptors (Lipinski definition) is 3. The van der Waals surface area contributed by atoms with Gasteiger partial charge in [-0.3, -0.25) is 10.1 Å². The molecule has 0 bridgehead atoms. The Kier molecular flexibility index (Phi) is 4.34. The number of aromatic nitrogens is 2. The Balaban J connectivity index is 1.51. The zero-order valence-corrected chi connectivity index (χ0v) is 14.6. The lowest BCUT2D eigenvalue weighted by molar-refractivity contribution is 0.0396. The third kappa shape index (κ3) is 3.34. The molecular formula is C19H25N5O. The topological polar surface area (TPSA) is 74.3 Å². The van der Waals surface area contributed by atoms with Crippen LogP contribution in [0.2, 0.25) is 0 Å². The molecule has 0 saturated heterocycles. The summed E-state index contributed by atoms with van der Waals surface area (Å²) in [5.74, 6) is 1.81. The molecular weight excluding hydrogens is 314 g/mol. The Morgan fingerprint density at radius 3 is 2.92 bits per heavy atom. The number of para-hydroxylation sites is 1. The summed E-state index contributed by atoms with van der Waals surface area (Å²) in [5, 5.41) is 13.9. The fourth-order valence-electron chi connectivity index (χ4n) is 3.99. The summed E-state index contributed by atoms with van der Waals surface area (Å²) in [6, 6.07) is 10.5. The quantitative estimate of drug-likeness (QED) is 0.594. The summed E-state index contributed by atoms with van der Waals surface area (Å²) in [7, 11) is 1.80. The van der Waals surface area contributed by atoms with E-state index in [1.807, 2.05) is 6.07 Å². The molecule has 0 radical (unpaired) electrons. The van der Waals surface area contributed by atoms with Crippen LogP contribution in [0.4, 0.5) is 0 Å². The maximum absolute atomic E-state index is 6.43. The maximum atomic E-state index is 6.43. The monoisotopic (exact) mass is 339 g/mol. The summed E-state index contributed by atoms with van der Waals surface area (Å²) in [6.45, 7) is 0.662. The average Bonchev–Trinajstić information content (AvgIpc) is 3.31. The number of aromatic amines is 1. The molecule has 0 amide bonds. The third-order valence-corrected chi connectivity index (χ3v) is 5.25. The van der Waals surface area contributed by atoms with Gasteiger partial charge in [-0.1, -0.05) is 18.2 Å². The lowest BCUT2D eigenvalue weighted by Gasteiger charge is -2.40. The number of benzene rings is 1. The minimum absolute atomic E-state index is 0.0196. The van der Waals surface area contributed by atoms with E-state index < -0.39 is 0 Å². The van der Waals surface area contributed by atoms with E-state index in [0.29, 0.717) is 6.54 Å². The van der Waals surface area contributed by atoms with Crippen LogP contribution in [-0.2, 0) is 6.54 Å². The highest BCUT2D eigenvalue weighted by molar-refractivity contribution is 5.80. The van der Waals surface area contributed by atoms with E-state index in [0.717, 1.165) is 36.7 Å². The number of nitrogens with one attached hydrogen (secondary N) is 3. The molecule has 1 aliphatic heterocycles. The van der Waals surface area contributed by atoms with Crippen LogP contribution in [0.25, 0.3) is 0 Å². The molecule has 4 rings (SSSR count). The van der Waals surface area contributed by atoms with Crippen molar-refractivity contribution in [3.8, 4) is 5.75 Å². The molecule has 1 unspecified atom stereocenters. The second kappa shape index (κ2) is 6.78. The Morgan fingerprint density at radius 1 is 1.32 bits per heavy atom. The van der Waals surface area contributed by atoms with E-state index in [1.54, 1.807) is 13.2 Å². The summed E-state index contributed by atoms with van der Waals surface area (Å²) in [5.41, 5.74) is 2.22. The number of fused-ring (bicyclic) bond motifs is 1. The van der Waals surface area contributed by atoms with Crippen LogP contribution in [0.5, 0.6) is 5.75 Å². The first-order valence-corrected chi connectivity index (χ1v) is 9.01. The average molecular weight is 339 g/mol. The molecule has 1 fully saturated rings. The van der Waals surface area contributed by atoms with Gasteiger partial charge >= 0.3 is 0 Å². The van der Waals surface area contributed by atoms with Crippen LogP contribution in [0, 0.1) is 0 Å². The SMILES string of the molecule is CN=C(NCc1ccn[nH]1)NC1CC2(CCCC2)Oc2ccccc21. The highest BCUT2D eigenvalue weighted by Crippen LogP contribution is 2.46. The largest absolute Gasteiger partial charge is 0.487 e. The molecule has 2 heterocycles. The number of rotatable bonds is 3. The van der Waals surface area contributed by atoms with Crippen molar-refractivity contribution in [2.75, 3.05) is 7.05 Å². The number of H-pyrrole nitrogens is 1. The zero-order valence-electron chi connectivity index (χ0n) is 14.6. The number of ether oxygens (including phenoxy) is 1. The minimum Gasteiger partial charge on any atom is -0.487 e. The van der Waals surface area contributed by atoms with Crippen LogP contribution >= 0.6 is 0 Å². The molecule has 1 spiro atoms. The Bertz CT molecular complexity index is 734. The van der Waals surface area contributed by atoms with Gasteiger partial charge in [-0.2, -0.15) is 5.10 Å². The number of aliphatic imine (C=N–C) groups is 1. The number of hydrogen-bond donors (Lipinski definition) is 3. The molecule has 3 N–H and O–H groups in total. The van der Waals surface area contributed by atoms with E-state index in [9.17, 15) is 0 Å². The van der Waals surface area contributed by atoms with E-state index in [4.69, 9.17) is 4.74 Å². The van der Waals surface area contributed by atoms with Crippen molar-refractivity contribution in [2.24, 2.45) is 4.99 Å². The van der Waals surface area contributed by atoms with Crippen molar-refractivity contribution in [1.29, 1.82) is 0 Å². The van der Waals surface area contributed by atoms with E-state index in [1.165, 1.54) is 18.4 Å². The van der Waals surface area contributed by atoms with Crippen LogP contribution in [0.1, 0.15) is 49.4 Å². The molecule has 6 nitrogen and oxygen atoms in total. The molecule has 25 heavy (non-hydrogen) atoms. The minimum atomic E-state index is -0.0196. The zero-order chi connectivity index (χ0) is 17.1. The van der Waals surface area contributed by atoms with Crippen molar-refractivity contribution in [1.82, 2.24) is 20.8 Å². The van der Waals surface area contributed by atoms with Crippen molar-refractivity contribution in [2.45, 2.75) is 50.3 Å². The molecule has 1 saturated carbocycles. The highest BCUT2D eigenvalue weighted by Gasteiger charge is 2.43. The van der Waals surface area contributed by atoms with E-state index in [-0.39, 0.29) is 11.6 Å². The van der Waals surface area contributed by atoms with Crippen molar-refractivity contribution in [3.63, 3.8) is 0 Å². The van der Waals surface area contributed by atoms with Crippen LogP contribution in [0.15, 0.2) is 41.5 Å². The molecule has 132 valence electrons. The Hall–Kier alpha value is -2.50. The third-order valence-electron chi connectivity index (χ3n) is 5.25. The first-order chi connectivity index (χ1) is 12.3. The van der Waals surface area contributed by atoms with Gasteiger partial charge in [-0.05, 0) is 37.8 Å². The van der Waals surface area contributed by atoms with Crippen LogP contribution < -0.4 is 15.4 Å². The molecule has 1 atom stereocenters. The molecule has 2 aromatic rings. The number of nitrogens with zero attached hydrogens (tertiary/aromatic N) is 2. The van der Waals surface area contributed by atoms with Gasteiger partial charge in [0.05, 0.1) is 18.3 Å². The van der Waals surface area contributed by atoms with Gasteiger partial charge in [0.2, 0.25) is 0 Å². The van der Waals surface area contributed by atoms with Crippen molar-refractivity contribution >= 4 is 5.96 Å². The maximum Gasteiger partial charge on any atom is 0.191 e. The Labute approximate surface area is 148 Å². The van der Waals surface area contributed by atoms with Crippen LogP contribution in [-0.4, -0.2) is 28.8 Å². The van der Waals surface area contributed by atoms with Crippen LogP contribution in [0.3, 0.4) is 0 Å². The fraction of sp³-hybridized carbons (Fsp3) is 0.474. The first kappa shape index (κ1) is 16.0. The van der Waals surface area contributed by atoms with Gasteiger partial charge in [-0.15, -0.1) is 0 Å². The van der Waals surface area contributed by atoms with Gasteiger partial charge in [0.1, 0.15) is 11.4 Å². The smallest absolute Gasteiger partial charge is 0.191 e. The Morgan fingerprint density at radius 2 is 2.16 bits per heavy atom. The molecule has 2 aliphatic rings.